The van der Waals surface area contributed by atoms with Gasteiger partial charge in [-0.25, -0.2) is 8.78 Å². The molecular weight excluding hydrogens is 242 g/mol. The van der Waals surface area contributed by atoms with E-state index in [1.807, 2.05) is 6.07 Å². The first kappa shape index (κ1) is 13.0. The molecule has 5 heteroatoms. The summed E-state index contributed by atoms with van der Waals surface area (Å²) in [4.78, 5) is 11.9. The Morgan fingerprint density at radius 2 is 2.28 bits per heavy atom. The molecular formula is C13H14F2O3. The average molecular weight is 256 g/mol. The van der Waals surface area contributed by atoms with E-state index in [1.165, 1.54) is 0 Å². The molecule has 1 aliphatic heterocycles. The average Bonchev–Trinajstić information content (AvgIpc) is 2.82. The van der Waals surface area contributed by atoms with Crippen molar-refractivity contribution in [2.75, 3.05) is 19.8 Å². The van der Waals surface area contributed by atoms with Crippen LogP contribution < -0.4 is 4.74 Å². The quantitative estimate of drug-likeness (QED) is 0.579. The van der Waals surface area contributed by atoms with Crippen molar-refractivity contribution in [3.63, 3.8) is 0 Å². The number of rotatable bonds is 6. The summed E-state index contributed by atoms with van der Waals surface area (Å²) in [6.45, 7) is -0.0367. The van der Waals surface area contributed by atoms with E-state index in [0.29, 0.717) is 17.9 Å². The molecule has 0 N–H and O–H groups in total. The van der Waals surface area contributed by atoms with Crippen molar-refractivity contribution >= 4 is 5.78 Å². The SMILES string of the molecule is O=C(CCOCC(F)F)c1cccc2c1OCC2. The van der Waals surface area contributed by atoms with Crippen LogP contribution in [0.15, 0.2) is 18.2 Å². The molecule has 1 aliphatic rings. The minimum atomic E-state index is -2.50. The van der Waals surface area contributed by atoms with Crippen LogP contribution in [0, 0.1) is 0 Å². The maximum atomic E-state index is 11.9. The number of halogens is 2. The normalized spacial score (nSPS) is 13.5. The number of ketones is 1. The zero-order valence-electron chi connectivity index (χ0n) is 9.83. The summed E-state index contributed by atoms with van der Waals surface area (Å²) in [5.41, 5.74) is 1.54. The van der Waals surface area contributed by atoms with E-state index < -0.39 is 13.0 Å². The molecule has 2 rings (SSSR count). The first-order valence-corrected chi connectivity index (χ1v) is 5.82. The molecule has 98 valence electrons. The molecule has 1 aromatic carbocycles. The van der Waals surface area contributed by atoms with E-state index in [4.69, 9.17) is 9.47 Å². The van der Waals surface area contributed by atoms with Gasteiger partial charge < -0.3 is 9.47 Å². The summed E-state index contributed by atoms with van der Waals surface area (Å²) in [5, 5.41) is 0. The Labute approximate surface area is 104 Å². The number of hydrogen-bond acceptors (Lipinski definition) is 3. The van der Waals surface area contributed by atoms with Gasteiger partial charge in [-0.2, -0.15) is 0 Å². The van der Waals surface area contributed by atoms with E-state index in [1.54, 1.807) is 12.1 Å². The first-order chi connectivity index (χ1) is 8.68. The maximum absolute atomic E-state index is 11.9. The van der Waals surface area contributed by atoms with Crippen LogP contribution in [0.5, 0.6) is 5.75 Å². The summed E-state index contributed by atoms with van der Waals surface area (Å²) in [6, 6.07) is 5.42. The van der Waals surface area contributed by atoms with Crippen LogP contribution in [0.2, 0.25) is 0 Å². The second-order valence-corrected chi connectivity index (χ2v) is 4.03. The van der Waals surface area contributed by atoms with Gasteiger partial charge in [0.15, 0.2) is 5.78 Å². The van der Waals surface area contributed by atoms with E-state index in [2.05, 4.69) is 0 Å². The van der Waals surface area contributed by atoms with E-state index >= 15 is 0 Å². The molecule has 0 atom stereocenters. The molecule has 0 bridgehead atoms. The van der Waals surface area contributed by atoms with Gasteiger partial charge in [-0.05, 0) is 11.6 Å². The molecule has 18 heavy (non-hydrogen) atoms. The number of ether oxygens (including phenoxy) is 2. The predicted octanol–water partition coefficient (Wildman–Crippen LogP) is 2.48. The van der Waals surface area contributed by atoms with Crippen LogP contribution in [0.1, 0.15) is 22.3 Å². The van der Waals surface area contributed by atoms with Crippen LogP contribution in [-0.4, -0.2) is 32.0 Å². The third-order valence-electron chi connectivity index (χ3n) is 2.73. The lowest BCUT2D eigenvalue weighted by Gasteiger charge is -2.07. The number of Topliss-reactive ketones (excluding diaryl/α,β-unsaturated/α-hetero) is 1. The van der Waals surface area contributed by atoms with Crippen molar-refractivity contribution in [2.45, 2.75) is 19.3 Å². The Bertz CT molecular complexity index is 432. The van der Waals surface area contributed by atoms with Crippen molar-refractivity contribution in [1.29, 1.82) is 0 Å². The number of hydrogen-bond donors (Lipinski definition) is 0. The summed E-state index contributed by atoms with van der Waals surface area (Å²) in [6.07, 6.45) is -1.60. The molecule has 1 aromatic rings. The fourth-order valence-corrected chi connectivity index (χ4v) is 1.91. The highest BCUT2D eigenvalue weighted by molar-refractivity contribution is 5.99. The maximum Gasteiger partial charge on any atom is 0.261 e. The van der Waals surface area contributed by atoms with Gasteiger partial charge in [-0.15, -0.1) is 0 Å². The van der Waals surface area contributed by atoms with Crippen molar-refractivity contribution in [3.8, 4) is 5.75 Å². The number of benzene rings is 1. The molecule has 0 saturated heterocycles. The molecule has 0 amide bonds. The molecule has 0 aromatic heterocycles. The number of carbonyl (C=O) groups excluding carboxylic acids is 1. The van der Waals surface area contributed by atoms with E-state index in [9.17, 15) is 13.6 Å². The summed E-state index contributed by atoms with van der Waals surface area (Å²) >= 11 is 0. The zero-order valence-corrected chi connectivity index (χ0v) is 9.83. The highest BCUT2D eigenvalue weighted by Crippen LogP contribution is 2.30. The van der Waals surface area contributed by atoms with E-state index in [-0.39, 0.29) is 18.8 Å². The number of alkyl halides is 2. The lowest BCUT2D eigenvalue weighted by molar-refractivity contribution is 0.0169. The van der Waals surface area contributed by atoms with Gasteiger partial charge in [0.2, 0.25) is 0 Å². The van der Waals surface area contributed by atoms with Crippen LogP contribution in [-0.2, 0) is 11.2 Å². The van der Waals surface area contributed by atoms with Gasteiger partial charge in [0.1, 0.15) is 12.4 Å². The van der Waals surface area contributed by atoms with Crippen LogP contribution >= 0.6 is 0 Å². The van der Waals surface area contributed by atoms with Gasteiger partial charge in [0, 0.05) is 12.8 Å². The Balaban J connectivity index is 1.91. The third-order valence-corrected chi connectivity index (χ3v) is 2.73. The predicted molar refractivity (Wildman–Crippen MR) is 61.4 cm³/mol. The largest absolute Gasteiger partial charge is 0.492 e. The van der Waals surface area contributed by atoms with Crippen molar-refractivity contribution in [1.82, 2.24) is 0 Å². The molecule has 0 radical (unpaired) electrons. The molecule has 0 unspecified atom stereocenters. The second-order valence-electron chi connectivity index (χ2n) is 4.03. The minimum absolute atomic E-state index is 0.00679. The van der Waals surface area contributed by atoms with E-state index in [0.717, 1.165) is 12.0 Å². The standard InChI is InChI=1S/C13H14F2O3/c14-12(15)8-17-6-5-11(16)10-3-1-2-9-4-7-18-13(9)10/h1-3,12H,4-8H2. The summed E-state index contributed by atoms with van der Waals surface area (Å²) < 4.78 is 33.8. The molecule has 0 spiro atoms. The lowest BCUT2D eigenvalue weighted by atomic mass is 10.0. The molecule has 3 nitrogen and oxygen atoms in total. The fourth-order valence-electron chi connectivity index (χ4n) is 1.91. The van der Waals surface area contributed by atoms with Crippen molar-refractivity contribution < 1.29 is 23.0 Å². The Morgan fingerprint density at radius 1 is 1.44 bits per heavy atom. The smallest absolute Gasteiger partial charge is 0.261 e. The van der Waals surface area contributed by atoms with Gasteiger partial charge in [-0.3, -0.25) is 4.79 Å². The van der Waals surface area contributed by atoms with Gasteiger partial charge in [0.25, 0.3) is 6.43 Å². The molecule has 1 heterocycles. The molecule has 0 saturated carbocycles. The lowest BCUT2D eigenvalue weighted by Crippen LogP contribution is -2.10. The Hall–Kier alpha value is -1.49. The monoisotopic (exact) mass is 256 g/mol. The van der Waals surface area contributed by atoms with Gasteiger partial charge in [0.05, 0.1) is 18.8 Å². The highest BCUT2D eigenvalue weighted by atomic mass is 19.3. The van der Waals surface area contributed by atoms with Crippen LogP contribution in [0.3, 0.4) is 0 Å². The zero-order chi connectivity index (χ0) is 13.0. The highest BCUT2D eigenvalue weighted by Gasteiger charge is 2.20. The topological polar surface area (TPSA) is 35.5 Å². The third kappa shape index (κ3) is 3.04. The molecule has 0 aliphatic carbocycles. The number of para-hydroxylation sites is 1. The Morgan fingerprint density at radius 3 is 3.06 bits per heavy atom. The number of carbonyl (C=O) groups is 1. The van der Waals surface area contributed by atoms with Crippen LogP contribution in [0.4, 0.5) is 8.78 Å². The minimum Gasteiger partial charge on any atom is -0.492 e. The summed E-state index contributed by atoms with van der Waals surface area (Å²) in [5.74, 6) is 0.499. The summed E-state index contributed by atoms with van der Waals surface area (Å²) in [7, 11) is 0. The van der Waals surface area contributed by atoms with Gasteiger partial charge in [-0.1, -0.05) is 12.1 Å². The van der Waals surface area contributed by atoms with Gasteiger partial charge >= 0.3 is 0 Å². The number of fused-ring (bicyclic) bond motifs is 1. The second kappa shape index (κ2) is 5.91. The Kier molecular flexibility index (Phi) is 4.25. The van der Waals surface area contributed by atoms with Crippen molar-refractivity contribution in [2.24, 2.45) is 0 Å². The van der Waals surface area contributed by atoms with Crippen LogP contribution in [0.25, 0.3) is 0 Å². The van der Waals surface area contributed by atoms with Crippen molar-refractivity contribution in [3.05, 3.63) is 29.3 Å². The first-order valence-electron chi connectivity index (χ1n) is 5.82. The fraction of sp³-hybridized carbons (Fsp3) is 0.462. The molecule has 0 fully saturated rings.